The fourth-order valence-corrected chi connectivity index (χ4v) is 1.55. The van der Waals surface area contributed by atoms with Crippen LogP contribution in [-0.4, -0.2) is 55.5 Å². The zero-order valence-electron chi connectivity index (χ0n) is 12.2. The van der Waals surface area contributed by atoms with Crippen molar-refractivity contribution in [2.45, 2.75) is 27.7 Å². The Morgan fingerprint density at radius 1 is 1.17 bits per heavy atom. The van der Waals surface area contributed by atoms with Crippen LogP contribution in [0.1, 0.15) is 27.7 Å². The van der Waals surface area contributed by atoms with E-state index in [4.69, 9.17) is 5.73 Å². The highest BCUT2D eigenvalue weighted by Gasteiger charge is 2.21. The van der Waals surface area contributed by atoms with Crippen molar-refractivity contribution >= 4 is 30.7 Å². The first-order valence-corrected chi connectivity index (χ1v) is 6.02. The van der Waals surface area contributed by atoms with E-state index in [-0.39, 0.29) is 36.1 Å². The summed E-state index contributed by atoms with van der Waals surface area (Å²) in [6.45, 7) is 11.9. The highest BCUT2D eigenvalue weighted by Crippen LogP contribution is 2.13. The molecule has 0 radical (unpaired) electrons. The third kappa shape index (κ3) is 8.97. The largest absolute Gasteiger partial charge is 0.344 e. The predicted octanol–water partition coefficient (Wildman–Crippen LogP) is 1.62. The molecular weight excluding hydrogens is 273 g/mol. The van der Waals surface area contributed by atoms with Crippen LogP contribution < -0.4 is 5.73 Å². The second kappa shape index (κ2) is 10.9. The summed E-state index contributed by atoms with van der Waals surface area (Å²) in [4.78, 5) is 15.8. The lowest BCUT2D eigenvalue weighted by molar-refractivity contribution is -0.132. The Morgan fingerprint density at radius 2 is 1.61 bits per heavy atom. The van der Waals surface area contributed by atoms with E-state index in [1.807, 2.05) is 7.05 Å². The van der Waals surface area contributed by atoms with Gasteiger partial charge < -0.3 is 10.6 Å². The van der Waals surface area contributed by atoms with Gasteiger partial charge in [0.2, 0.25) is 5.91 Å². The Morgan fingerprint density at radius 3 is 1.94 bits per heavy atom. The summed E-state index contributed by atoms with van der Waals surface area (Å²) < 4.78 is 0. The first-order valence-electron chi connectivity index (χ1n) is 6.02. The average Bonchev–Trinajstić information content (AvgIpc) is 2.24. The van der Waals surface area contributed by atoms with Gasteiger partial charge in [0.1, 0.15) is 0 Å². The third-order valence-electron chi connectivity index (χ3n) is 2.90. The quantitative estimate of drug-likeness (QED) is 0.777. The topological polar surface area (TPSA) is 49.6 Å². The summed E-state index contributed by atoms with van der Waals surface area (Å²) in [5, 5.41) is 0. The molecule has 0 atom stereocenters. The van der Waals surface area contributed by atoms with E-state index >= 15 is 0 Å². The predicted molar refractivity (Wildman–Crippen MR) is 82.8 cm³/mol. The fourth-order valence-electron chi connectivity index (χ4n) is 1.55. The maximum Gasteiger partial charge on any atom is 0.236 e. The number of hydrogen-bond acceptors (Lipinski definition) is 3. The molecule has 0 heterocycles. The molecule has 0 aliphatic heterocycles. The van der Waals surface area contributed by atoms with Gasteiger partial charge >= 0.3 is 0 Å². The van der Waals surface area contributed by atoms with Gasteiger partial charge in [0.05, 0.1) is 6.54 Å². The van der Waals surface area contributed by atoms with E-state index in [0.717, 1.165) is 13.1 Å². The molecule has 0 aliphatic rings. The molecule has 112 valence electrons. The normalized spacial score (nSPS) is 10.6. The van der Waals surface area contributed by atoms with Gasteiger partial charge in [-0.25, -0.2) is 0 Å². The summed E-state index contributed by atoms with van der Waals surface area (Å²) >= 11 is 0. The average molecular weight is 302 g/mol. The summed E-state index contributed by atoms with van der Waals surface area (Å²) in [5.74, 6) is 0.172. The van der Waals surface area contributed by atoms with Crippen molar-refractivity contribution in [2.24, 2.45) is 11.1 Å². The number of hydrogen-bond donors (Lipinski definition) is 1. The number of carbonyl (C=O) groups excluding carboxylic acids is 1. The van der Waals surface area contributed by atoms with Crippen LogP contribution in [0.2, 0.25) is 0 Å². The molecule has 0 bridgehead atoms. The molecule has 4 nitrogen and oxygen atoms in total. The number of amides is 1. The van der Waals surface area contributed by atoms with Gasteiger partial charge in [0.15, 0.2) is 0 Å². The van der Waals surface area contributed by atoms with E-state index in [2.05, 4.69) is 32.6 Å². The molecule has 0 saturated heterocycles. The summed E-state index contributed by atoms with van der Waals surface area (Å²) in [5.41, 5.74) is 5.65. The molecule has 0 rings (SSSR count). The van der Waals surface area contributed by atoms with E-state index < -0.39 is 0 Å². The minimum Gasteiger partial charge on any atom is -0.344 e. The molecule has 0 aromatic carbocycles. The van der Waals surface area contributed by atoms with Crippen LogP contribution in [0.4, 0.5) is 0 Å². The van der Waals surface area contributed by atoms with Crippen molar-refractivity contribution in [1.82, 2.24) is 9.80 Å². The van der Waals surface area contributed by atoms with E-state index in [0.29, 0.717) is 19.6 Å². The number of likely N-dealkylation sites (N-methyl/N-ethyl adjacent to an activating group) is 2. The van der Waals surface area contributed by atoms with Gasteiger partial charge in [0, 0.05) is 13.6 Å². The van der Waals surface area contributed by atoms with Crippen molar-refractivity contribution in [3.8, 4) is 0 Å². The Labute approximate surface area is 124 Å². The van der Waals surface area contributed by atoms with Gasteiger partial charge in [0.25, 0.3) is 0 Å². The number of nitrogens with zero attached hydrogens (tertiary/aromatic N) is 2. The second-order valence-electron chi connectivity index (χ2n) is 5.08. The van der Waals surface area contributed by atoms with Gasteiger partial charge in [-0.3, -0.25) is 9.69 Å². The van der Waals surface area contributed by atoms with Crippen molar-refractivity contribution < 1.29 is 4.79 Å². The molecule has 0 spiro atoms. The molecule has 2 N–H and O–H groups in total. The monoisotopic (exact) mass is 301 g/mol. The van der Waals surface area contributed by atoms with Crippen molar-refractivity contribution in [3.63, 3.8) is 0 Å². The number of rotatable bonds is 7. The highest BCUT2D eigenvalue weighted by atomic mass is 35.5. The zero-order valence-corrected chi connectivity index (χ0v) is 13.9. The van der Waals surface area contributed by atoms with Crippen molar-refractivity contribution in [2.75, 3.05) is 39.8 Å². The van der Waals surface area contributed by atoms with Crippen molar-refractivity contribution in [3.05, 3.63) is 0 Å². The van der Waals surface area contributed by atoms with Crippen LogP contribution >= 0.6 is 24.8 Å². The van der Waals surface area contributed by atoms with Crippen LogP contribution in [-0.2, 0) is 4.79 Å². The van der Waals surface area contributed by atoms with Crippen molar-refractivity contribution in [1.29, 1.82) is 0 Å². The molecule has 18 heavy (non-hydrogen) atoms. The molecule has 0 fully saturated rings. The molecular formula is C12H29Cl2N3O. The van der Waals surface area contributed by atoms with Crippen LogP contribution in [0.15, 0.2) is 0 Å². The highest BCUT2D eigenvalue weighted by molar-refractivity contribution is 5.85. The molecule has 0 saturated carbocycles. The molecule has 6 heteroatoms. The Hall–Kier alpha value is -0.0300. The third-order valence-corrected chi connectivity index (χ3v) is 2.90. The maximum absolute atomic E-state index is 11.9. The number of nitrogens with two attached hydrogens (primary N) is 1. The minimum atomic E-state index is -0.00628. The van der Waals surface area contributed by atoms with Crippen LogP contribution in [0, 0.1) is 5.41 Å². The maximum atomic E-state index is 11.9. The fraction of sp³-hybridized carbons (Fsp3) is 0.917. The molecule has 0 aliphatic carbocycles. The van der Waals surface area contributed by atoms with Gasteiger partial charge in [-0.15, -0.1) is 24.8 Å². The Balaban J connectivity index is -0.00000112. The van der Waals surface area contributed by atoms with E-state index in [1.54, 1.807) is 4.90 Å². The zero-order chi connectivity index (χ0) is 12.8. The molecule has 0 unspecified atom stereocenters. The Kier molecular flexibility index (Phi) is 13.9. The van der Waals surface area contributed by atoms with Gasteiger partial charge in [-0.05, 0) is 25.0 Å². The second-order valence-corrected chi connectivity index (χ2v) is 5.08. The first kappa shape index (κ1) is 23.1. The lowest BCUT2D eigenvalue weighted by atomic mass is 9.93. The molecule has 0 aromatic heterocycles. The lowest BCUT2D eigenvalue weighted by Crippen LogP contribution is -2.44. The number of halogens is 2. The first-order chi connectivity index (χ1) is 7.36. The van der Waals surface area contributed by atoms with E-state index in [9.17, 15) is 4.79 Å². The van der Waals surface area contributed by atoms with Gasteiger partial charge in [-0.1, -0.05) is 27.7 Å². The summed E-state index contributed by atoms with van der Waals surface area (Å²) in [6.07, 6.45) is 0. The smallest absolute Gasteiger partial charge is 0.236 e. The van der Waals surface area contributed by atoms with Crippen LogP contribution in [0.25, 0.3) is 0 Å². The standard InChI is InChI=1S/C12H27N3O.2ClH/c1-6-15(7-2)8-11(16)14(5)10-12(3,4)9-13;;/h6-10,13H2,1-5H3;2*1H. The summed E-state index contributed by atoms with van der Waals surface area (Å²) in [6, 6.07) is 0. The SMILES string of the molecule is CCN(CC)CC(=O)N(C)CC(C)(C)CN.Cl.Cl. The minimum absolute atomic E-state index is 0. The lowest BCUT2D eigenvalue weighted by Gasteiger charge is -2.30. The molecule has 1 amide bonds. The Bertz CT molecular complexity index is 221. The number of carbonyl (C=O) groups is 1. The van der Waals surface area contributed by atoms with Gasteiger partial charge in [-0.2, -0.15) is 0 Å². The summed E-state index contributed by atoms with van der Waals surface area (Å²) in [7, 11) is 1.85. The van der Waals surface area contributed by atoms with E-state index in [1.165, 1.54) is 0 Å². The molecule has 0 aromatic rings. The van der Waals surface area contributed by atoms with Crippen LogP contribution in [0.5, 0.6) is 0 Å². The van der Waals surface area contributed by atoms with Crippen LogP contribution in [0.3, 0.4) is 0 Å².